The van der Waals surface area contributed by atoms with E-state index in [4.69, 9.17) is 4.74 Å². The maximum atomic E-state index is 11.1. The maximum absolute atomic E-state index is 11.1. The number of benzene rings is 3. The summed E-state index contributed by atoms with van der Waals surface area (Å²) in [7, 11) is 0. The van der Waals surface area contributed by atoms with Gasteiger partial charge in [0.15, 0.2) is 0 Å². The molecule has 0 N–H and O–H groups in total. The summed E-state index contributed by atoms with van der Waals surface area (Å²) in [6, 6.07) is 19.1. The third kappa shape index (κ3) is 3.33. The molecule has 6 heteroatoms. The minimum absolute atomic E-state index is 0.0290. The van der Waals surface area contributed by atoms with Crippen LogP contribution in [-0.4, -0.2) is 20.8 Å². The van der Waals surface area contributed by atoms with Crippen molar-refractivity contribution in [2.24, 2.45) is 0 Å². The highest BCUT2D eigenvalue weighted by atomic mass is 16.6. The zero-order chi connectivity index (χ0) is 19.0. The molecule has 0 spiro atoms. The molecule has 6 nitrogen and oxygen atoms in total. The summed E-state index contributed by atoms with van der Waals surface area (Å²) in [5.41, 5.74) is 1.79. The van der Waals surface area contributed by atoms with Crippen molar-refractivity contribution in [3.8, 4) is 5.88 Å². The highest BCUT2D eigenvalue weighted by Gasteiger charge is 2.18. The van der Waals surface area contributed by atoms with Crippen molar-refractivity contribution < 1.29 is 9.66 Å². The molecule has 0 saturated heterocycles. The lowest BCUT2D eigenvalue weighted by Gasteiger charge is -2.13. The molecule has 136 valence electrons. The van der Waals surface area contributed by atoms with Crippen molar-refractivity contribution in [2.45, 2.75) is 26.5 Å². The number of non-ortho nitro benzene ring substituents is 1. The third-order valence-corrected chi connectivity index (χ3v) is 4.38. The smallest absolute Gasteiger partial charge is 0.270 e. The maximum Gasteiger partial charge on any atom is 0.270 e. The first-order valence-electron chi connectivity index (χ1n) is 8.80. The van der Waals surface area contributed by atoms with Gasteiger partial charge >= 0.3 is 0 Å². The van der Waals surface area contributed by atoms with E-state index in [0.717, 1.165) is 10.9 Å². The van der Waals surface area contributed by atoms with Gasteiger partial charge in [-0.1, -0.05) is 36.4 Å². The van der Waals surface area contributed by atoms with E-state index < -0.39 is 4.92 Å². The zero-order valence-electron chi connectivity index (χ0n) is 15.1. The molecule has 0 bridgehead atoms. The summed E-state index contributed by atoms with van der Waals surface area (Å²) >= 11 is 0. The van der Waals surface area contributed by atoms with Gasteiger partial charge in [0.25, 0.3) is 5.69 Å². The number of hydrogen-bond donors (Lipinski definition) is 0. The highest BCUT2D eigenvalue weighted by Crippen LogP contribution is 2.31. The van der Waals surface area contributed by atoms with Gasteiger partial charge in [0.2, 0.25) is 5.88 Å². The van der Waals surface area contributed by atoms with Crippen LogP contribution in [0.15, 0.2) is 60.7 Å². The first-order chi connectivity index (χ1) is 13.0. The van der Waals surface area contributed by atoms with Gasteiger partial charge in [0.05, 0.1) is 28.5 Å². The fraction of sp³-hybridized carbons (Fsp3) is 0.190. The summed E-state index contributed by atoms with van der Waals surface area (Å²) in [6.07, 6.45) is -0.0699. The van der Waals surface area contributed by atoms with E-state index in [-0.39, 0.29) is 11.8 Å². The molecule has 3 aromatic carbocycles. The molecule has 0 aliphatic carbocycles. The van der Waals surface area contributed by atoms with Crippen molar-refractivity contribution in [3.05, 3.63) is 76.3 Å². The molecule has 1 aromatic heterocycles. The second kappa shape index (κ2) is 6.72. The van der Waals surface area contributed by atoms with Crippen LogP contribution in [-0.2, 0) is 6.54 Å². The molecule has 0 aliphatic rings. The molecule has 4 aromatic rings. The van der Waals surface area contributed by atoms with E-state index in [2.05, 4.69) is 35.4 Å². The second-order valence-electron chi connectivity index (χ2n) is 6.77. The molecule has 0 fully saturated rings. The molecule has 0 atom stereocenters. The quantitative estimate of drug-likeness (QED) is 0.373. The lowest BCUT2D eigenvalue weighted by molar-refractivity contribution is -0.384. The van der Waals surface area contributed by atoms with Crippen LogP contribution < -0.4 is 4.74 Å². The Balaban J connectivity index is 1.80. The largest absolute Gasteiger partial charge is 0.475 e. The van der Waals surface area contributed by atoms with Crippen LogP contribution in [0.2, 0.25) is 0 Å². The molecule has 0 amide bonds. The number of nitro groups is 1. The molecular weight excluding hydrogens is 342 g/mol. The predicted octanol–water partition coefficient (Wildman–Crippen LogP) is 4.93. The van der Waals surface area contributed by atoms with Gasteiger partial charge in [-0.3, -0.25) is 10.1 Å². The van der Waals surface area contributed by atoms with Crippen molar-refractivity contribution >= 4 is 27.4 Å². The standard InChI is InChI=1S/C21H19N3O3/c1-14(2)27-21-19-12-18(24(25)26)9-10-20(19)22-23(21)13-15-7-8-16-5-3-4-6-17(16)11-15/h3-12,14H,13H2,1-2H3. The lowest BCUT2D eigenvalue weighted by Crippen LogP contribution is -2.11. The van der Waals surface area contributed by atoms with Crippen LogP contribution in [0.25, 0.3) is 21.7 Å². The van der Waals surface area contributed by atoms with E-state index >= 15 is 0 Å². The summed E-state index contributed by atoms with van der Waals surface area (Å²) in [5.74, 6) is 0.553. The Morgan fingerprint density at radius 3 is 2.59 bits per heavy atom. The Hall–Kier alpha value is -3.41. The van der Waals surface area contributed by atoms with Crippen LogP contribution in [0.3, 0.4) is 0 Å². The lowest BCUT2D eigenvalue weighted by atomic mass is 10.1. The van der Waals surface area contributed by atoms with Crippen molar-refractivity contribution in [1.82, 2.24) is 9.78 Å². The van der Waals surface area contributed by atoms with E-state index in [9.17, 15) is 10.1 Å². The van der Waals surface area contributed by atoms with Gasteiger partial charge in [-0.15, -0.1) is 0 Å². The minimum atomic E-state index is -0.404. The monoisotopic (exact) mass is 361 g/mol. The first-order valence-corrected chi connectivity index (χ1v) is 8.80. The zero-order valence-corrected chi connectivity index (χ0v) is 15.1. The van der Waals surface area contributed by atoms with Crippen molar-refractivity contribution in [3.63, 3.8) is 0 Å². The van der Waals surface area contributed by atoms with Crippen LogP contribution in [0, 0.1) is 10.1 Å². The molecule has 0 radical (unpaired) electrons. The normalized spacial score (nSPS) is 11.4. The Kier molecular flexibility index (Phi) is 4.24. The Morgan fingerprint density at radius 1 is 1.07 bits per heavy atom. The molecule has 0 unspecified atom stereocenters. The van der Waals surface area contributed by atoms with Gasteiger partial charge in [0.1, 0.15) is 0 Å². The topological polar surface area (TPSA) is 70.2 Å². The number of nitrogens with zero attached hydrogens (tertiary/aromatic N) is 3. The molecule has 0 aliphatic heterocycles. The molecule has 0 saturated carbocycles. The number of aromatic nitrogens is 2. The molecule has 4 rings (SSSR count). The number of ether oxygens (including phenoxy) is 1. The van der Waals surface area contributed by atoms with Crippen LogP contribution >= 0.6 is 0 Å². The minimum Gasteiger partial charge on any atom is -0.475 e. The summed E-state index contributed by atoms with van der Waals surface area (Å²) in [6.45, 7) is 4.38. The number of rotatable bonds is 5. The molecule has 27 heavy (non-hydrogen) atoms. The summed E-state index contributed by atoms with van der Waals surface area (Å²) < 4.78 is 7.75. The third-order valence-electron chi connectivity index (χ3n) is 4.38. The van der Waals surface area contributed by atoms with E-state index in [0.29, 0.717) is 23.3 Å². The first kappa shape index (κ1) is 17.0. The second-order valence-corrected chi connectivity index (χ2v) is 6.77. The molecule has 1 heterocycles. The van der Waals surface area contributed by atoms with Crippen molar-refractivity contribution in [1.29, 1.82) is 0 Å². The summed E-state index contributed by atoms with van der Waals surface area (Å²) in [4.78, 5) is 10.7. The Bertz CT molecular complexity index is 1150. The number of fused-ring (bicyclic) bond motifs is 2. The van der Waals surface area contributed by atoms with Crippen LogP contribution in [0.4, 0.5) is 5.69 Å². The van der Waals surface area contributed by atoms with Gasteiger partial charge in [-0.25, -0.2) is 4.68 Å². The van der Waals surface area contributed by atoms with E-state index in [1.165, 1.54) is 17.5 Å². The van der Waals surface area contributed by atoms with Crippen LogP contribution in [0.5, 0.6) is 5.88 Å². The van der Waals surface area contributed by atoms with Gasteiger partial charge in [-0.2, -0.15) is 5.10 Å². The highest BCUT2D eigenvalue weighted by molar-refractivity contribution is 5.86. The SMILES string of the molecule is CC(C)Oc1c2cc([N+](=O)[O-])ccc2nn1Cc1ccc2ccccc2c1. The van der Waals surface area contributed by atoms with Gasteiger partial charge in [0, 0.05) is 12.1 Å². The fourth-order valence-electron chi connectivity index (χ4n) is 3.18. The Morgan fingerprint density at radius 2 is 1.85 bits per heavy atom. The van der Waals surface area contributed by atoms with Gasteiger partial charge < -0.3 is 4.74 Å². The predicted molar refractivity (Wildman–Crippen MR) is 105 cm³/mol. The molecular formula is C21H19N3O3. The van der Waals surface area contributed by atoms with E-state index in [1.54, 1.807) is 10.7 Å². The number of hydrogen-bond acceptors (Lipinski definition) is 4. The Labute approximate surface area is 156 Å². The van der Waals surface area contributed by atoms with Crippen molar-refractivity contribution in [2.75, 3.05) is 0 Å². The average molecular weight is 361 g/mol. The number of nitro benzene ring substituents is 1. The van der Waals surface area contributed by atoms with Crippen LogP contribution in [0.1, 0.15) is 19.4 Å². The fourth-order valence-corrected chi connectivity index (χ4v) is 3.18. The van der Waals surface area contributed by atoms with Gasteiger partial charge in [-0.05, 0) is 42.3 Å². The van der Waals surface area contributed by atoms with E-state index in [1.807, 2.05) is 26.0 Å². The summed E-state index contributed by atoms with van der Waals surface area (Å²) in [5, 5.41) is 18.7. The average Bonchev–Trinajstić information content (AvgIpc) is 2.97.